The lowest BCUT2D eigenvalue weighted by Gasteiger charge is -2.22. The van der Waals surface area contributed by atoms with Crippen molar-refractivity contribution < 1.29 is 9.18 Å². The maximum Gasteiger partial charge on any atom is 0.224 e. The molecular formula is C14H22FN5O. The minimum absolute atomic E-state index is 0.0605. The predicted octanol–water partition coefficient (Wildman–Crippen LogP) is 1.50. The molecule has 1 amide bonds. The maximum absolute atomic E-state index is 14.0. The van der Waals surface area contributed by atoms with Crippen LogP contribution in [0.4, 0.5) is 16.2 Å². The van der Waals surface area contributed by atoms with E-state index >= 15 is 0 Å². The van der Waals surface area contributed by atoms with Crippen molar-refractivity contribution >= 4 is 17.7 Å². The summed E-state index contributed by atoms with van der Waals surface area (Å²) in [4.78, 5) is 23.3. The number of halogens is 1. The van der Waals surface area contributed by atoms with Gasteiger partial charge in [-0.3, -0.25) is 4.79 Å². The molecule has 1 aromatic rings. The van der Waals surface area contributed by atoms with Crippen molar-refractivity contribution in [3.63, 3.8) is 0 Å². The van der Waals surface area contributed by atoms with Crippen molar-refractivity contribution in [2.75, 3.05) is 42.9 Å². The van der Waals surface area contributed by atoms with Crippen LogP contribution in [0, 0.1) is 5.82 Å². The van der Waals surface area contributed by atoms with Crippen LogP contribution < -0.4 is 10.2 Å². The molecule has 7 heteroatoms. The highest BCUT2D eigenvalue weighted by atomic mass is 19.1. The molecule has 0 saturated carbocycles. The number of rotatable bonds is 4. The van der Waals surface area contributed by atoms with Crippen molar-refractivity contribution in [2.45, 2.75) is 26.7 Å². The Kier molecular flexibility index (Phi) is 5.30. The fourth-order valence-electron chi connectivity index (χ4n) is 2.35. The standard InChI is InChI=1S/C14H22FN5O/c1-3-5-16-14-17-10-12(15)13(18-14)20-7-4-6-19(8-9-20)11(2)21/h10H,3-9H2,1-2H3,(H,16,17,18). The summed E-state index contributed by atoms with van der Waals surface area (Å²) in [6.45, 7) is 6.93. The summed E-state index contributed by atoms with van der Waals surface area (Å²) in [6, 6.07) is 0. The number of aromatic nitrogens is 2. The van der Waals surface area contributed by atoms with Gasteiger partial charge in [0.25, 0.3) is 0 Å². The predicted molar refractivity (Wildman–Crippen MR) is 79.9 cm³/mol. The zero-order chi connectivity index (χ0) is 15.2. The number of carbonyl (C=O) groups is 1. The van der Waals surface area contributed by atoms with Gasteiger partial charge in [0.05, 0.1) is 6.20 Å². The Morgan fingerprint density at radius 1 is 1.38 bits per heavy atom. The van der Waals surface area contributed by atoms with E-state index in [1.807, 2.05) is 11.8 Å². The molecule has 0 aromatic carbocycles. The molecule has 0 bridgehead atoms. The van der Waals surface area contributed by atoms with Crippen LogP contribution in [0.25, 0.3) is 0 Å². The lowest BCUT2D eigenvalue weighted by Crippen LogP contribution is -2.34. The van der Waals surface area contributed by atoms with Gasteiger partial charge in [-0.2, -0.15) is 4.98 Å². The summed E-state index contributed by atoms with van der Waals surface area (Å²) >= 11 is 0. The molecule has 1 fully saturated rings. The molecule has 6 nitrogen and oxygen atoms in total. The normalized spacial score (nSPS) is 15.8. The van der Waals surface area contributed by atoms with Crippen molar-refractivity contribution in [1.29, 1.82) is 0 Å². The van der Waals surface area contributed by atoms with Gasteiger partial charge in [-0.05, 0) is 12.8 Å². The smallest absolute Gasteiger partial charge is 0.224 e. The zero-order valence-corrected chi connectivity index (χ0v) is 12.6. The van der Waals surface area contributed by atoms with E-state index in [2.05, 4.69) is 15.3 Å². The molecule has 1 saturated heterocycles. The van der Waals surface area contributed by atoms with E-state index in [4.69, 9.17) is 0 Å². The molecule has 2 heterocycles. The van der Waals surface area contributed by atoms with Gasteiger partial charge in [-0.1, -0.05) is 6.92 Å². The van der Waals surface area contributed by atoms with Crippen LogP contribution in [0.15, 0.2) is 6.20 Å². The molecule has 21 heavy (non-hydrogen) atoms. The van der Waals surface area contributed by atoms with Gasteiger partial charge in [-0.25, -0.2) is 9.37 Å². The number of anilines is 2. The molecular weight excluding hydrogens is 273 g/mol. The second-order valence-electron chi connectivity index (χ2n) is 5.14. The second kappa shape index (κ2) is 7.19. The summed E-state index contributed by atoms with van der Waals surface area (Å²) in [5.41, 5.74) is 0. The van der Waals surface area contributed by atoms with Crippen molar-refractivity contribution in [3.05, 3.63) is 12.0 Å². The molecule has 1 aliphatic rings. The first-order chi connectivity index (χ1) is 10.1. The summed E-state index contributed by atoms with van der Waals surface area (Å²) in [5.74, 6) is 0.397. The quantitative estimate of drug-likeness (QED) is 0.912. The maximum atomic E-state index is 14.0. The van der Waals surface area contributed by atoms with Crippen LogP contribution >= 0.6 is 0 Å². The molecule has 1 aromatic heterocycles. The Balaban J connectivity index is 2.11. The Morgan fingerprint density at radius 2 is 2.19 bits per heavy atom. The molecule has 0 radical (unpaired) electrons. The van der Waals surface area contributed by atoms with Gasteiger partial charge < -0.3 is 15.1 Å². The van der Waals surface area contributed by atoms with Gasteiger partial charge in [-0.15, -0.1) is 0 Å². The number of nitrogens with one attached hydrogen (secondary N) is 1. The molecule has 0 spiro atoms. The Bertz CT molecular complexity index is 496. The van der Waals surface area contributed by atoms with E-state index in [9.17, 15) is 9.18 Å². The fourth-order valence-corrected chi connectivity index (χ4v) is 2.35. The first-order valence-corrected chi connectivity index (χ1v) is 7.38. The highest BCUT2D eigenvalue weighted by Gasteiger charge is 2.20. The third-order valence-electron chi connectivity index (χ3n) is 3.50. The number of nitrogens with zero attached hydrogens (tertiary/aromatic N) is 4. The van der Waals surface area contributed by atoms with Crippen LogP contribution in [0.2, 0.25) is 0 Å². The van der Waals surface area contributed by atoms with Crippen LogP contribution in [0.3, 0.4) is 0 Å². The third-order valence-corrected chi connectivity index (χ3v) is 3.50. The first-order valence-electron chi connectivity index (χ1n) is 7.38. The number of amides is 1. The minimum atomic E-state index is -0.423. The van der Waals surface area contributed by atoms with E-state index in [0.29, 0.717) is 37.9 Å². The largest absolute Gasteiger partial charge is 0.354 e. The summed E-state index contributed by atoms with van der Waals surface area (Å²) in [6.07, 6.45) is 2.96. The van der Waals surface area contributed by atoms with Gasteiger partial charge in [0.15, 0.2) is 11.6 Å². The molecule has 0 atom stereocenters. The molecule has 2 rings (SSSR count). The highest BCUT2D eigenvalue weighted by molar-refractivity contribution is 5.73. The minimum Gasteiger partial charge on any atom is -0.354 e. The summed E-state index contributed by atoms with van der Waals surface area (Å²) < 4.78 is 14.0. The lowest BCUT2D eigenvalue weighted by atomic mass is 10.3. The highest BCUT2D eigenvalue weighted by Crippen LogP contribution is 2.19. The molecule has 0 aliphatic carbocycles. The summed E-state index contributed by atoms with van der Waals surface area (Å²) in [7, 11) is 0. The Hall–Kier alpha value is -1.92. The zero-order valence-electron chi connectivity index (χ0n) is 12.6. The van der Waals surface area contributed by atoms with Gasteiger partial charge in [0.1, 0.15) is 0 Å². The first kappa shape index (κ1) is 15.5. The van der Waals surface area contributed by atoms with Crippen molar-refractivity contribution in [2.24, 2.45) is 0 Å². The van der Waals surface area contributed by atoms with E-state index in [-0.39, 0.29) is 5.91 Å². The van der Waals surface area contributed by atoms with Crippen LogP contribution in [-0.4, -0.2) is 53.5 Å². The SMILES string of the molecule is CCCNc1ncc(F)c(N2CCCN(C(C)=O)CC2)n1. The third kappa shape index (κ3) is 4.03. The number of hydrogen-bond donors (Lipinski definition) is 1. The van der Waals surface area contributed by atoms with Crippen LogP contribution in [0.5, 0.6) is 0 Å². The van der Waals surface area contributed by atoms with Gasteiger partial charge in [0.2, 0.25) is 11.9 Å². The molecule has 0 unspecified atom stereocenters. The Morgan fingerprint density at radius 3 is 2.90 bits per heavy atom. The van der Waals surface area contributed by atoms with Crippen LogP contribution in [-0.2, 0) is 4.79 Å². The fraction of sp³-hybridized carbons (Fsp3) is 0.643. The molecule has 1 N–H and O–H groups in total. The van der Waals surface area contributed by atoms with Crippen LogP contribution in [0.1, 0.15) is 26.7 Å². The number of hydrogen-bond acceptors (Lipinski definition) is 5. The van der Waals surface area contributed by atoms with Crippen molar-refractivity contribution in [3.8, 4) is 0 Å². The molecule has 116 valence electrons. The monoisotopic (exact) mass is 295 g/mol. The van der Waals surface area contributed by atoms with E-state index in [1.54, 1.807) is 11.8 Å². The van der Waals surface area contributed by atoms with E-state index in [0.717, 1.165) is 19.4 Å². The average Bonchev–Trinajstić information content (AvgIpc) is 2.72. The van der Waals surface area contributed by atoms with Crippen molar-refractivity contribution in [1.82, 2.24) is 14.9 Å². The number of carbonyl (C=O) groups excluding carboxylic acids is 1. The van der Waals surface area contributed by atoms with E-state index < -0.39 is 5.82 Å². The molecule has 1 aliphatic heterocycles. The summed E-state index contributed by atoms with van der Waals surface area (Å²) in [5, 5.41) is 3.06. The Labute approximate surface area is 124 Å². The average molecular weight is 295 g/mol. The van der Waals surface area contributed by atoms with E-state index in [1.165, 1.54) is 6.20 Å². The lowest BCUT2D eigenvalue weighted by molar-refractivity contribution is -0.128. The second-order valence-corrected chi connectivity index (χ2v) is 5.14. The topological polar surface area (TPSA) is 61.4 Å². The van der Waals surface area contributed by atoms with Gasteiger partial charge in [0, 0.05) is 39.6 Å². The van der Waals surface area contributed by atoms with Gasteiger partial charge >= 0.3 is 0 Å².